The molecule has 1 aromatic rings. The van der Waals surface area contributed by atoms with Crippen LogP contribution in [-0.2, 0) is 19.7 Å². The molecular weight excluding hydrogens is 522 g/mol. The third-order valence-corrected chi connectivity index (χ3v) is 8.47. The minimum absolute atomic E-state index is 0.0423. The van der Waals surface area contributed by atoms with Crippen molar-refractivity contribution >= 4 is 39.4 Å². The van der Waals surface area contributed by atoms with Gasteiger partial charge in [0.2, 0.25) is 5.91 Å². The van der Waals surface area contributed by atoms with Gasteiger partial charge in [-0.3, -0.25) is 14.1 Å². The predicted octanol–water partition coefficient (Wildman–Crippen LogP) is 8.10. The zero-order valence-corrected chi connectivity index (χ0v) is 24.6. The first kappa shape index (κ1) is 34.4. The highest BCUT2D eigenvalue weighted by Gasteiger charge is 2.08. The Balaban J connectivity index is 1.92. The molecule has 7 nitrogen and oxygen atoms in total. The monoisotopic (exact) mass is 571 g/mol. The van der Waals surface area contributed by atoms with Gasteiger partial charge in [0.15, 0.2) is 0 Å². The number of carboxylic acid groups (broad SMARTS) is 1. The fraction of sp³-hybridized carbons (Fsp3) is 0.724. The zero-order chi connectivity index (χ0) is 27.9. The summed E-state index contributed by atoms with van der Waals surface area (Å²) in [7, 11) is -3.79. The second kappa shape index (κ2) is 22.3. The minimum Gasteiger partial charge on any atom is -0.481 e. The summed E-state index contributed by atoms with van der Waals surface area (Å²) in [5, 5.41) is 11.8. The number of nitrogens with one attached hydrogen (secondary N) is 1. The molecule has 0 saturated carbocycles. The average Bonchev–Trinajstić information content (AvgIpc) is 2.86. The number of hydrogen-bond donors (Lipinski definition) is 3. The van der Waals surface area contributed by atoms with Crippen molar-refractivity contribution in [2.45, 2.75) is 127 Å². The van der Waals surface area contributed by atoms with Gasteiger partial charge in [-0.25, -0.2) is 0 Å². The molecule has 0 atom stereocenters. The SMILES string of the molecule is O=C(O)CCCSc1ccccc1NC(=O)CCCCCCCCCCCCCCCCCCS(=O)(=O)O. The summed E-state index contributed by atoms with van der Waals surface area (Å²) in [4.78, 5) is 24.0. The summed E-state index contributed by atoms with van der Waals surface area (Å²) in [6.07, 6.45) is 19.5. The lowest BCUT2D eigenvalue weighted by Crippen LogP contribution is -2.11. The van der Waals surface area contributed by atoms with Crippen LogP contribution in [0.1, 0.15) is 122 Å². The number of anilines is 1. The molecule has 0 radical (unpaired) electrons. The van der Waals surface area contributed by atoms with Gasteiger partial charge in [-0.2, -0.15) is 8.42 Å². The highest BCUT2D eigenvalue weighted by molar-refractivity contribution is 7.99. The van der Waals surface area contributed by atoms with E-state index in [1.807, 2.05) is 24.3 Å². The number of rotatable bonds is 25. The van der Waals surface area contributed by atoms with Gasteiger partial charge < -0.3 is 10.4 Å². The predicted molar refractivity (Wildman–Crippen MR) is 158 cm³/mol. The van der Waals surface area contributed by atoms with Crippen LogP contribution >= 0.6 is 11.8 Å². The van der Waals surface area contributed by atoms with Crippen molar-refractivity contribution in [1.82, 2.24) is 0 Å². The molecule has 0 unspecified atom stereocenters. The third-order valence-electron chi connectivity index (χ3n) is 6.51. The Morgan fingerprint density at radius 2 is 1.16 bits per heavy atom. The van der Waals surface area contributed by atoms with Crippen LogP contribution in [0.3, 0.4) is 0 Å². The molecule has 0 aromatic heterocycles. The molecule has 0 heterocycles. The summed E-state index contributed by atoms with van der Waals surface area (Å²) in [5.74, 6) is -0.135. The highest BCUT2D eigenvalue weighted by Crippen LogP contribution is 2.28. The number of carbonyl (C=O) groups is 2. The Labute approximate surface area is 234 Å². The normalized spacial score (nSPS) is 11.5. The molecule has 0 fully saturated rings. The minimum atomic E-state index is -3.79. The van der Waals surface area contributed by atoms with Gasteiger partial charge in [0.1, 0.15) is 0 Å². The lowest BCUT2D eigenvalue weighted by Gasteiger charge is -2.10. The number of benzene rings is 1. The van der Waals surface area contributed by atoms with E-state index in [1.54, 1.807) is 11.8 Å². The topological polar surface area (TPSA) is 121 Å². The van der Waals surface area contributed by atoms with Crippen molar-refractivity contribution in [3.05, 3.63) is 24.3 Å². The van der Waals surface area contributed by atoms with Gasteiger partial charge in [0.05, 0.1) is 11.4 Å². The van der Waals surface area contributed by atoms with Crippen LogP contribution in [-0.4, -0.2) is 41.5 Å². The number of amides is 1. The first-order chi connectivity index (χ1) is 18.3. The van der Waals surface area contributed by atoms with E-state index in [0.29, 0.717) is 25.0 Å². The molecule has 0 saturated heterocycles. The highest BCUT2D eigenvalue weighted by atomic mass is 32.2. The molecule has 3 N–H and O–H groups in total. The van der Waals surface area contributed by atoms with Gasteiger partial charge in [0, 0.05) is 17.7 Å². The van der Waals surface area contributed by atoms with Crippen LogP contribution in [0.5, 0.6) is 0 Å². The van der Waals surface area contributed by atoms with E-state index in [9.17, 15) is 18.0 Å². The third kappa shape index (κ3) is 21.4. The number of unbranched alkanes of at least 4 members (excludes halogenated alkanes) is 15. The first-order valence-corrected chi connectivity index (χ1v) is 17.1. The molecule has 1 rings (SSSR count). The van der Waals surface area contributed by atoms with Gasteiger partial charge in [-0.05, 0) is 37.1 Å². The molecule has 0 aliphatic heterocycles. The van der Waals surface area contributed by atoms with Crippen LogP contribution in [0, 0.1) is 0 Å². The maximum Gasteiger partial charge on any atom is 0.303 e. The van der Waals surface area contributed by atoms with E-state index in [2.05, 4.69) is 5.32 Å². The summed E-state index contributed by atoms with van der Waals surface area (Å²) in [6, 6.07) is 7.70. The summed E-state index contributed by atoms with van der Waals surface area (Å²) in [6.45, 7) is 0. The van der Waals surface area contributed by atoms with Gasteiger partial charge in [0.25, 0.3) is 10.1 Å². The lowest BCUT2D eigenvalue weighted by molar-refractivity contribution is -0.137. The standard InChI is InChI=1S/C29H49NO6S2/c31-28(30-26-20-16-17-21-27(26)37-24-19-23-29(32)33)22-15-13-11-9-7-5-3-1-2-4-6-8-10-12-14-18-25-38(34,35)36/h16-17,20-21H,1-15,18-19,22-25H2,(H,30,31)(H,32,33)(H,34,35,36). The largest absolute Gasteiger partial charge is 0.481 e. The second-order valence-corrected chi connectivity index (χ2v) is 12.8. The molecule has 0 aliphatic rings. The average molecular weight is 572 g/mol. The Kier molecular flexibility index (Phi) is 20.2. The molecule has 0 aliphatic carbocycles. The Morgan fingerprint density at radius 1 is 0.684 bits per heavy atom. The van der Waals surface area contributed by atoms with Crippen molar-refractivity contribution in [1.29, 1.82) is 0 Å². The lowest BCUT2D eigenvalue weighted by atomic mass is 10.0. The Morgan fingerprint density at radius 3 is 1.66 bits per heavy atom. The number of hydrogen-bond acceptors (Lipinski definition) is 5. The molecular formula is C29H49NO6S2. The van der Waals surface area contributed by atoms with E-state index in [-0.39, 0.29) is 18.1 Å². The van der Waals surface area contributed by atoms with Crippen molar-refractivity contribution in [3.8, 4) is 0 Å². The molecule has 38 heavy (non-hydrogen) atoms. The number of para-hydroxylation sites is 1. The molecule has 9 heteroatoms. The molecule has 1 amide bonds. The smallest absolute Gasteiger partial charge is 0.303 e. The molecule has 0 bridgehead atoms. The quantitative estimate of drug-likeness (QED) is 0.0616. The molecule has 0 spiro atoms. The summed E-state index contributed by atoms with van der Waals surface area (Å²) < 4.78 is 30.0. The Bertz CT molecular complexity index is 876. The van der Waals surface area contributed by atoms with Crippen molar-refractivity contribution in [2.24, 2.45) is 0 Å². The number of aliphatic carboxylic acids is 1. The fourth-order valence-electron chi connectivity index (χ4n) is 4.36. The van der Waals surface area contributed by atoms with E-state index >= 15 is 0 Å². The van der Waals surface area contributed by atoms with Gasteiger partial charge >= 0.3 is 5.97 Å². The van der Waals surface area contributed by atoms with Crippen molar-refractivity contribution < 1.29 is 27.7 Å². The van der Waals surface area contributed by atoms with Crippen LogP contribution < -0.4 is 5.32 Å². The van der Waals surface area contributed by atoms with Crippen LogP contribution in [0.2, 0.25) is 0 Å². The number of thioether (sulfide) groups is 1. The van der Waals surface area contributed by atoms with E-state index in [0.717, 1.165) is 42.7 Å². The molecule has 1 aromatic carbocycles. The van der Waals surface area contributed by atoms with Gasteiger partial charge in [-0.15, -0.1) is 11.8 Å². The van der Waals surface area contributed by atoms with Gasteiger partial charge in [-0.1, -0.05) is 102 Å². The van der Waals surface area contributed by atoms with E-state index < -0.39 is 16.1 Å². The first-order valence-electron chi connectivity index (χ1n) is 14.5. The summed E-state index contributed by atoms with van der Waals surface area (Å²) >= 11 is 1.58. The second-order valence-electron chi connectivity index (χ2n) is 10.1. The Hall–Kier alpha value is -1.58. The van der Waals surface area contributed by atoms with E-state index in [1.165, 1.54) is 64.2 Å². The zero-order valence-electron chi connectivity index (χ0n) is 23.0. The van der Waals surface area contributed by atoms with Crippen molar-refractivity contribution in [3.63, 3.8) is 0 Å². The number of carbonyl (C=O) groups excluding carboxylic acids is 1. The van der Waals surface area contributed by atoms with Crippen molar-refractivity contribution in [2.75, 3.05) is 16.8 Å². The van der Waals surface area contributed by atoms with Crippen LogP contribution in [0.25, 0.3) is 0 Å². The number of carboxylic acids is 1. The maximum atomic E-state index is 12.4. The molecule has 218 valence electrons. The van der Waals surface area contributed by atoms with Crippen LogP contribution in [0.15, 0.2) is 29.2 Å². The summed E-state index contributed by atoms with van der Waals surface area (Å²) in [5.41, 5.74) is 0.812. The maximum absolute atomic E-state index is 12.4. The fourth-order valence-corrected chi connectivity index (χ4v) is 5.89. The van der Waals surface area contributed by atoms with E-state index in [4.69, 9.17) is 9.66 Å². The van der Waals surface area contributed by atoms with Crippen LogP contribution in [0.4, 0.5) is 5.69 Å².